The normalized spacial score (nSPS) is 19.6. The van der Waals surface area contributed by atoms with Crippen LogP contribution in [-0.4, -0.2) is 29.2 Å². The first kappa shape index (κ1) is 25.9. The van der Waals surface area contributed by atoms with Crippen LogP contribution in [0, 0.1) is 11.3 Å². The van der Waals surface area contributed by atoms with Crippen molar-refractivity contribution in [2.75, 3.05) is 5.32 Å². The summed E-state index contributed by atoms with van der Waals surface area (Å²) in [5.74, 6) is -0.140. The van der Waals surface area contributed by atoms with E-state index >= 15 is 0 Å². The van der Waals surface area contributed by atoms with Gasteiger partial charge in [-0.15, -0.1) is 0 Å². The third-order valence-electron chi connectivity index (χ3n) is 5.09. The number of pyridine rings is 1. The summed E-state index contributed by atoms with van der Waals surface area (Å²) in [6.07, 6.45) is -1.39. The molecule has 0 bridgehead atoms. The van der Waals surface area contributed by atoms with Crippen molar-refractivity contribution < 1.29 is 17.6 Å². The number of aromatic nitrogens is 1. The molecule has 33 heavy (non-hydrogen) atoms. The SMILES string of the molecule is CC#N.NC(=Nc1ccc(C(N)C(F)(F)F)cc1)c1c(N[C@H]2CCCC[C@H]2F)cc[nH]c1=O. The molecular weight excluding hydrogens is 440 g/mol. The minimum atomic E-state index is -4.56. The second-order valence-corrected chi connectivity index (χ2v) is 7.48. The number of amidine groups is 1. The van der Waals surface area contributed by atoms with Gasteiger partial charge in [-0.2, -0.15) is 18.4 Å². The summed E-state index contributed by atoms with van der Waals surface area (Å²) >= 11 is 0. The van der Waals surface area contributed by atoms with Crippen LogP contribution >= 0.6 is 0 Å². The maximum atomic E-state index is 14.2. The molecule has 0 radical (unpaired) electrons. The maximum Gasteiger partial charge on any atom is 0.407 e. The van der Waals surface area contributed by atoms with Crippen molar-refractivity contribution in [3.8, 4) is 6.07 Å². The highest BCUT2D eigenvalue weighted by Crippen LogP contribution is 2.31. The first-order valence-electron chi connectivity index (χ1n) is 10.3. The largest absolute Gasteiger partial charge is 0.407 e. The summed E-state index contributed by atoms with van der Waals surface area (Å²) in [5, 5.41) is 10.4. The van der Waals surface area contributed by atoms with Crippen molar-refractivity contribution in [2.24, 2.45) is 16.5 Å². The molecule has 1 unspecified atom stereocenters. The third kappa shape index (κ3) is 7.05. The molecule has 3 atom stereocenters. The maximum absolute atomic E-state index is 14.2. The molecule has 1 saturated carbocycles. The number of anilines is 1. The average molecular weight is 466 g/mol. The Labute approximate surface area is 188 Å². The molecule has 0 spiro atoms. The van der Waals surface area contributed by atoms with Crippen molar-refractivity contribution in [2.45, 2.75) is 57.0 Å². The summed E-state index contributed by atoms with van der Waals surface area (Å²) in [7, 11) is 0. The van der Waals surface area contributed by atoms with Gasteiger partial charge in [0.15, 0.2) is 0 Å². The molecular formula is C22H26F4N6O. The Kier molecular flexibility index (Phi) is 8.99. The highest BCUT2D eigenvalue weighted by Gasteiger charge is 2.37. The van der Waals surface area contributed by atoms with E-state index in [1.54, 1.807) is 12.1 Å². The van der Waals surface area contributed by atoms with Gasteiger partial charge in [0.05, 0.1) is 23.5 Å². The van der Waals surface area contributed by atoms with Gasteiger partial charge in [-0.25, -0.2) is 9.38 Å². The van der Waals surface area contributed by atoms with Gasteiger partial charge in [0.25, 0.3) is 5.56 Å². The Morgan fingerprint density at radius 3 is 2.42 bits per heavy atom. The highest BCUT2D eigenvalue weighted by molar-refractivity contribution is 6.03. The molecule has 1 aliphatic carbocycles. The smallest absolute Gasteiger partial charge is 0.383 e. The van der Waals surface area contributed by atoms with Crippen LogP contribution < -0.4 is 22.3 Å². The number of hydrogen-bond acceptors (Lipinski definition) is 5. The fourth-order valence-electron chi connectivity index (χ4n) is 3.44. The van der Waals surface area contributed by atoms with Crippen LogP contribution in [0.5, 0.6) is 0 Å². The van der Waals surface area contributed by atoms with Crippen molar-refractivity contribution in [3.05, 3.63) is 58.0 Å². The van der Waals surface area contributed by atoms with Crippen molar-refractivity contribution in [1.29, 1.82) is 5.26 Å². The Balaban J connectivity index is 0.00000122. The summed E-state index contributed by atoms with van der Waals surface area (Å²) in [6, 6.07) is 5.85. The van der Waals surface area contributed by atoms with Crippen LogP contribution in [0.4, 0.5) is 28.9 Å². The number of benzene rings is 1. The molecule has 6 N–H and O–H groups in total. The molecule has 0 aliphatic heterocycles. The monoisotopic (exact) mass is 466 g/mol. The predicted molar refractivity (Wildman–Crippen MR) is 119 cm³/mol. The van der Waals surface area contributed by atoms with E-state index in [1.165, 1.54) is 37.4 Å². The quantitative estimate of drug-likeness (QED) is 0.298. The first-order valence-corrected chi connectivity index (χ1v) is 10.3. The van der Waals surface area contributed by atoms with Gasteiger partial charge < -0.3 is 21.8 Å². The summed E-state index contributed by atoms with van der Waals surface area (Å²) in [6.45, 7) is 1.43. The topological polar surface area (TPSA) is 133 Å². The summed E-state index contributed by atoms with van der Waals surface area (Å²) in [5.41, 5.74) is 11.2. The Morgan fingerprint density at radius 1 is 1.24 bits per heavy atom. The van der Waals surface area contributed by atoms with Crippen LogP contribution in [0.3, 0.4) is 0 Å². The lowest BCUT2D eigenvalue weighted by Gasteiger charge is -2.28. The molecule has 11 heteroatoms. The number of alkyl halides is 4. The van der Waals surface area contributed by atoms with Gasteiger partial charge in [-0.1, -0.05) is 25.0 Å². The number of nitrogens with one attached hydrogen (secondary N) is 2. The second-order valence-electron chi connectivity index (χ2n) is 7.48. The average Bonchev–Trinajstić information content (AvgIpc) is 2.75. The fraction of sp³-hybridized carbons (Fsp3) is 0.409. The number of nitriles is 1. The van der Waals surface area contributed by atoms with E-state index in [1.807, 2.05) is 0 Å². The highest BCUT2D eigenvalue weighted by atomic mass is 19.4. The molecule has 1 heterocycles. The van der Waals surface area contributed by atoms with Crippen LogP contribution in [0.1, 0.15) is 49.8 Å². The number of H-pyrrole nitrogens is 1. The predicted octanol–water partition coefficient (Wildman–Crippen LogP) is 4.20. The van der Waals surface area contributed by atoms with E-state index in [4.69, 9.17) is 16.7 Å². The van der Waals surface area contributed by atoms with Gasteiger partial charge in [-0.05, 0) is 36.6 Å². The Morgan fingerprint density at radius 2 is 1.85 bits per heavy atom. The second kappa shape index (κ2) is 11.5. The zero-order valence-corrected chi connectivity index (χ0v) is 18.0. The number of aromatic amines is 1. The summed E-state index contributed by atoms with van der Waals surface area (Å²) in [4.78, 5) is 19.0. The zero-order valence-electron chi connectivity index (χ0n) is 18.0. The zero-order chi connectivity index (χ0) is 24.6. The lowest BCUT2D eigenvalue weighted by atomic mass is 9.93. The lowest BCUT2D eigenvalue weighted by Crippen LogP contribution is -2.35. The van der Waals surface area contributed by atoms with Crippen LogP contribution in [0.15, 0.2) is 46.3 Å². The lowest BCUT2D eigenvalue weighted by molar-refractivity contribution is -0.149. The van der Waals surface area contributed by atoms with Crippen molar-refractivity contribution in [1.82, 2.24) is 4.98 Å². The van der Waals surface area contributed by atoms with Gasteiger partial charge in [0, 0.05) is 13.1 Å². The van der Waals surface area contributed by atoms with Gasteiger partial charge >= 0.3 is 6.18 Å². The van der Waals surface area contributed by atoms with Gasteiger partial charge in [-0.3, -0.25) is 4.79 Å². The molecule has 3 rings (SSSR count). The van der Waals surface area contributed by atoms with E-state index in [9.17, 15) is 22.4 Å². The molecule has 0 saturated heterocycles. The van der Waals surface area contributed by atoms with Crippen molar-refractivity contribution in [3.63, 3.8) is 0 Å². The number of nitrogens with two attached hydrogens (primary N) is 2. The van der Waals surface area contributed by atoms with Crippen molar-refractivity contribution >= 4 is 17.2 Å². The standard InChI is InChI=1S/C20H23F4N5O.C2H3N/c21-13-3-1-2-4-14(13)29-15-9-10-27-19(30)16(15)18(26)28-12-7-5-11(6-8-12)17(25)20(22,23)24;1-2-3/h5-10,13-14,17H,1-4,25H2,(H2,26,28)(H2,27,29,30);1H3/t13-,14+,17?;/m1./s1. The number of aliphatic imine (C=N–C) groups is 1. The van der Waals surface area contributed by atoms with E-state index in [2.05, 4.69) is 15.3 Å². The molecule has 1 aromatic carbocycles. The van der Waals surface area contributed by atoms with Crippen LogP contribution in [0.25, 0.3) is 0 Å². The molecule has 7 nitrogen and oxygen atoms in total. The number of halogens is 4. The fourth-order valence-corrected chi connectivity index (χ4v) is 3.44. The van der Waals surface area contributed by atoms with Crippen LogP contribution in [0.2, 0.25) is 0 Å². The van der Waals surface area contributed by atoms with E-state index in [-0.39, 0.29) is 22.6 Å². The summed E-state index contributed by atoms with van der Waals surface area (Å²) < 4.78 is 52.4. The van der Waals surface area contributed by atoms with E-state index < -0.39 is 30.0 Å². The molecule has 1 aromatic heterocycles. The number of nitrogens with zero attached hydrogens (tertiary/aromatic N) is 2. The first-order chi connectivity index (χ1) is 15.6. The Bertz CT molecular complexity index is 1040. The molecule has 1 fully saturated rings. The number of hydrogen-bond donors (Lipinski definition) is 4. The molecule has 178 valence electrons. The van der Waals surface area contributed by atoms with Crippen LogP contribution in [-0.2, 0) is 0 Å². The minimum Gasteiger partial charge on any atom is -0.383 e. The van der Waals surface area contributed by atoms with E-state index in [0.717, 1.165) is 12.8 Å². The molecule has 1 aliphatic rings. The van der Waals surface area contributed by atoms with E-state index in [0.29, 0.717) is 18.5 Å². The van der Waals surface area contributed by atoms with Gasteiger partial charge in [0.1, 0.15) is 23.6 Å². The molecule has 2 aromatic rings. The number of rotatable bonds is 5. The molecule has 0 amide bonds. The third-order valence-corrected chi connectivity index (χ3v) is 5.09. The Hall–Kier alpha value is -3.39. The van der Waals surface area contributed by atoms with Gasteiger partial charge in [0.2, 0.25) is 0 Å². The minimum absolute atomic E-state index is 0.0475.